The first-order chi connectivity index (χ1) is 8.24. The molecule has 0 spiro atoms. The molecule has 0 aromatic carbocycles. The minimum atomic E-state index is -0.197. The van der Waals surface area contributed by atoms with Crippen LogP contribution in [-0.4, -0.2) is 34.1 Å². The van der Waals surface area contributed by atoms with Crippen molar-refractivity contribution in [3.8, 4) is 0 Å². The molecule has 2 aliphatic heterocycles. The van der Waals surface area contributed by atoms with Gasteiger partial charge >= 0.3 is 0 Å². The van der Waals surface area contributed by atoms with Crippen molar-refractivity contribution in [2.24, 2.45) is 0 Å². The predicted octanol–water partition coefficient (Wildman–Crippen LogP) is 1.80. The first kappa shape index (κ1) is 11.2. The predicted molar refractivity (Wildman–Crippen MR) is 66.9 cm³/mol. The van der Waals surface area contributed by atoms with Crippen molar-refractivity contribution in [1.29, 1.82) is 0 Å². The van der Waals surface area contributed by atoms with Crippen molar-refractivity contribution < 1.29 is 9.90 Å². The third-order valence-corrected chi connectivity index (χ3v) is 4.66. The number of rotatable bonds is 2. The van der Waals surface area contributed by atoms with Gasteiger partial charge in [0.2, 0.25) is 5.91 Å². The van der Waals surface area contributed by atoms with E-state index in [9.17, 15) is 9.90 Å². The molecule has 3 nitrogen and oxygen atoms in total. The second-order valence-electron chi connectivity index (χ2n) is 5.12. The standard InChI is InChI=1S/C13H17NO2S/c15-12-6-10-1-2-11(7-12)14(10)13(16)5-9-3-4-17-8-9/h3-4,8,10-12,15H,1-2,5-7H2. The number of thiophene rings is 1. The summed E-state index contributed by atoms with van der Waals surface area (Å²) in [6.45, 7) is 0. The summed E-state index contributed by atoms with van der Waals surface area (Å²) < 4.78 is 0. The highest BCUT2D eigenvalue weighted by molar-refractivity contribution is 7.07. The van der Waals surface area contributed by atoms with Gasteiger partial charge < -0.3 is 10.0 Å². The number of aliphatic hydroxyl groups is 1. The Morgan fingerprint density at radius 1 is 1.41 bits per heavy atom. The van der Waals surface area contributed by atoms with Gasteiger partial charge in [-0.2, -0.15) is 11.3 Å². The van der Waals surface area contributed by atoms with E-state index < -0.39 is 0 Å². The number of piperidine rings is 1. The summed E-state index contributed by atoms with van der Waals surface area (Å²) in [6.07, 6.45) is 4.00. The quantitative estimate of drug-likeness (QED) is 0.871. The maximum Gasteiger partial charge on any atom is 0.227 e. The Balaban J connectivity index is 1.70. The van der Waals surface area contributed by atoms with Crippen molar-refractivity contribution in [1.82, 2.24) is 4.90 Å². The van der Waals surface area contributed by atoms with E-state index in [0.717, 1.165) is 31.2 Å². The Kier molecular flexibility index (Phi) is 2.92. The lowest BCUT2D eigenvalue weighted by atomic mass is 9.99. The van der Waals surface area contributed by atoms with E-state index in [4.69, 9.17) is 0 Å². The Morgan fingerprint density at radius 2 is 2.12 bits per heavy atom. The van der Waals surface area contributed by atoms with Gasteiger partial charge in [0.05, 0.1) is 12.5 Å². The number of amides is 1. The molecule has 0 radical (unpaired) electrons. The van der Waals surface area contributed by atoms with Crippen molar-refractivity contribution >= 4 is 17.2 Å². The lowest BCUT2D eigenvalue weighted by Gasteiger charge is -2.37. The zero-order valence-electron chi connectivity index (χ0n) is 9.71. The number of fused-ring (bicyclic) bond motifs is 2. The lowest BCUT2D eigenvalue weighted by molar-refractivity contribution is -0.136. The van der Waals surface area contributed by atoms with E-state index in [1.54, 1.807) is 11.3 Å². The average molecular weight is 251 g/mol. The number of hydrogen-bond acceptors (Lipinski definition) is 3. The highest BCUT2D eigenvalue weighted by Gasteiger charge is 2.42. The summed E-state index contributed by atoms with van der Waals surface area (Å²) in [5.74, 6) is 0.239. The Hall–Kier alpha value is -0.870. The van der Waals surface area contributed by atoms with E-state index in [-0.39, 0.29) is 24.1 Å². The van der Waals surface area contributed by atoms with Crippen LogP contribution in [0.5, 0.6) is 0 Å². The minimum absolute atomic E-state index is 0.197. The van der Waals surface area contributed by atoms with Crippen molar-refractivity contribution in [3.63, 3.8) is 0 Å². The molecule has 17 heavy (non-hydrogen) atoms. The zero-order chi connectivity index (χ0) is 11.8. The van der Waals surface area contributed by atoms with Gasteiger partial charge in [0.15, 0.2) is 0 Å². The van der Waals surface area contributed by atoms with Crippen molar-refractivity contribution in [2.75, 3.05) is 0 Å². The highest BCUT2D eigenvalue weighted by atomic mass is 32.1. The molecule has 2 fully saturated rings. The molecule has 0 saturated carbocycles. The van der Waals surface area contributed by atoms with E-state index in [2.05, 4.69) is 0 Å². The molecule has 1 amide bonds. The number of carbonyl (C=O) groups excluding carboxylic acids is 1. The van der Waals surface area contributed by atoms with Crippen LogP contribution in [0.3, 0.4) is 0 Å². The van der Waals surface area contributed by atoms with Crippen LogP contribution in [0.2, 0.25) is 0 Å². The molecule has 2 atom stereocenters. The van der Waals surface area contributed by atoms with Crippen LogP contribution in [-0.2, 0) is 11.2 Å². The first-order valence-electron chi connectivity index (χ1n) is 6.24. The van der Waals surface area contributed by atoms with E-state index >= 15 is 0 Å². The van der Waals surface area contributed by atoms with Crippen LogP contribution >= 0.6 is 11.3 Å². The molecule has 2 unspecified atom stereocenters. The lowest BCUT2D eigenvalue weighted by Crippen LogP contribution is -2.48. The second-order valence-corrected chi connectivity index (χ2v) is 5.90. The molecule has 0 aliphatic carbocycles. The third-order valence-electron chi connectivity index (χ3n) is 3.93. The summed E-state index contributed by atoms with van der Waals surface area (Å²) >= 11 is 1.64. The van der Waals surface area contributed by atoms with Crippen LogP contribution < -0.4 is 0 Å². The van der Waals surface area contributed by atoms with Gasteiger partial charge in [0, 0.05) is 12.1 Å². The summed E-state index contributed by atoms with van der Waals surface area (Å²) in [4.78, 5) is 14.3. The molecule has 3 rings (SSSR count). The monoisotopic (exact) mass is 251 g/mol. The molecule has 1 aromatic heterocycles. The summed E-state index contributed by atoms with van der Waals surface area (Å²) in [5.41, 5.74) is 1.12. The zero-order valence-corrected chi connectivity index (χ0v) is 10.5. The smallest absolute Gasteiger partial charge is 0.227 e. The van der Waals surface area contributed by atoms with Gasteiger partial charge in [-0.3, -0.25) is 4.79 Å². The van der Waals surface area contributed by atoms with Crippen LogP contribution in [0.1, 0.15) is 31.2 Å². The number of hydrogen-bond donors (Lipinski definition) is 1. The number of carbonyl (C=O) groups is 1. The highest BCUT2D eigenvalue weighted by Crippen LogP contribution is 2.36. The van der Waals surface area contributed by atoms with Gasteiger partial charge in [-0.25, -0.2) is 0 Å². The van der Waals surface area contributed by atoms with E-state index in [0.29, 0.717) is 6.42 Å². The second kappa shape index (κ2) is 4.42. The molecule has 92 valence electrons. The van der Waals surface area contributed by atoms with Gasteiger partial charge in [-0.1, -0.05) is 0 Å². The number of aliphatic hydroxyl groups excluding tert-OH is 1. The Bertz CT molecular complexity index is 390. The number of nitrogens with zero attached hydrogens (tertiary/aromatic N) is 1. The molecule has 2 saturated heterocycles. The molecule has 2 bridgehead atoms. The van der Waals surface area contributed by atoms with Crippen molar-refractivity contribution in [3.05, 3.63) is 22.4 Å². The van der Waals surface area contributed by atoms with Crippen LogP contribution in [0, 0.1) is 0 Å². The van der Waals surface area contributed by atoms with Crippen LogP contribution in [0.15, 0.2) is 16.8 Å². The topological polar surface area (TPSA) is 40.5 Å². The van der Waals surface area contributed by atoms with Gasteiger partial charge in [0.25, 0.3) is 0 Å². The molecular formula is C13H17NO2S. The van der Waals surface area contributed by atoms with Gasteiger partial charge in [0.1, 0.15) is 0 Å². The maximum atomic E-state index is 12.3. The van der Waals surface area contributed by atoms with Crippen LogP contribution in [0.25, 0.3) is 0 Å². The molecule has 1 aromatic rings. The van der Waals surface area contributed by atoms with Gasteiger partial charge in [-0.05, 0) is 48.1 Å². The van der Waals surface area contributed by atoms with Crippen molar-refractivity contribution in [2.45, 2.75) is 50.3 Å². The molecule has 1 N–H and O–H groups in total. The normalized spacial score (nSPS) is 31.8. The molecular weight excluding hydrogens is 234 g/mol. The largest absolute Gasteiger partial charge is 0.393 e. The minimum Gasteiger partial charge on any atom is -0.393 e. The fourth-order valence-electron chi connectivity index (χ4n) is 3.21. The van der Waals surface area contributed by atoms with Gasteiger partial charge in [-0.15, -0.1) is 0 Å². The SMILES string of the molecule is O=C(Cc1ccsc1)N1C2CCC1CC(O)C2. The molecule has 3 heterocycles. The average Bonchev–Trinajstić information content (AvgIpc) is 2.86. The first-order valence-corrected chi connectivity index (χ1v) is 7.18. The maximum absolute atomic E-state index is 12.3. The Labute approximate surface area is 105 Å². The molecule has 2 aliphatic rings. The Morgan fingerprint density at radius 3 is 2.71 bits per heavy atom. The summed E-state index contributed by atoms with van der Waals surface area (Å²) in [6, 6.07) is 2.59. The third kappa shape index (κ3) is 2.11. The van der Waals surface area contributed by atoms with Crippen LogP contribution in [0.4, 0.5) is 0 Å². The summed E-state index contributed by atoms with van der Waals surface area (Å²) in [7, 11) is 0. The van der Waals surface area contributed by atoms with E-state index in [1.807, 2.05) is 21.7 Å². The van der Waals surface area contributed by atoms with E-state index in [1.165, 1.54) is 0 Å². The molecule has 4 heteroatoms. The fourth-order valence-corrected chi connectivity index (χ4v) is 3.88. The summed E-state index contributed by atoms with van der Waals surface area (Å²) in [5, 5.41) is 13.8. The fraction of sp³-hybridized carbons (Fsp3) is 0.615.